The van der Waals surface area contributed by atoms with E-state index in [1.165, 1.54) is 30.3 Å². The SMILES string of the molecule is O=c1occ(NS(=O)(=O)c2ccccc2)n1-c1ccccc1F. The van der Waals surface area contributed by atoms with Crippen molar-refractivity contribution < 1.29 is 17.2 Å². The van der Waals surface area contributed by atoms with E-state index in [0.29, 0.717) is 0 Å². The molecule has 3 rings (SSSR count). The number of oxazole rings is 1. The minimum absolute atomic E-state index is 0.00809. The summed E-state index contributed by atoms with van der Waals surface area (Å²) in [5.41, 5.74) is -0.114. The van der Waals surface area contributed by atoms with Crippen LogP contribution in [0.1, 0.15) is 0 Å². The molecule has 1 heterocycles. The lowest BCUT2D eigenvalue weighted by Crippen LogP contribution is -2.20. The summed E-state index contributed by atoms with van der Waals surface area (Å²) in [6.45, 7) is 0. The summed E-state index contributed by atoms with van der Waals surface area (Å²) in [6, 6.07) is 13.1. The fourth-order valence-corrected chi connectivity index (χ4v) is 3.09. The zero-order chi connectivity index (χ0) is 16.4. The molecule has 0 aliphatic rings. The van der Waals surface area contributed by atoms with Gasteiger partial charge in [-0.3, -0.25) is 4.72 Å². The van der Waals surface area contributed by atoms with Gasteiger partial charge in [0.05, 0.1) is 10.6 Å². The number of aromatic nitrogens is 1. The summed E-state index contributed by atoms with van der Waals surface area (Å²) < 4.78 is 46.3. The number of hydrogen-bond acceptors (Lipinski definition) is 4. The van der Waals surface area contributed by atoms with Gasteiger partial charge >= 0.3 is 5.76 Å². The Labute approximate surface area is 130 Å². The zero-order valence-electron chi connectivity index (χ0n) is 11.6. The molecule has 0 unspecified atom stereocenters. The Kier molecular flexibility index (Phi) is 3.75. The lowest BCUT2D eigenvalue weighted by atomic mass is 10.3. The first-order chi connectivity index (χ1) is 11.0. The van der Waals surface area contributed by atoms with E-state index in [1.807, 2.05) is 0 Å². The van der Waals surface area contributed by atoms with E-state index in [4.69, 9.17) is 4.42 Å². The Morgan fingerprint density at radius 1 is 1.00 bits per heavy atom. The van der Waals surface area contributed by atoms with E-state index in [2.05, 4.69) is 4.72 Å². The number of nitrogens with one attached hydrogen (secondary N) is 1. The van der Waals surface area contributed by atoms with E-state index in [-0.39, 0.29) is 16.4 Å². The summed E-state index contributed by atoms with van der Waals surface area (Å²) in [7, 11) is -3.94. The Bertz CT molecular complexity index is 994. The monoisotopic (exact) mass is 334 g/mol. The third kappa shape index (κ3) is 2.88. The van der Waals surface area contributed by atoms with Gasteiger partial charge in [-0.1, -0.05) is 30.3 Å². The number of benzene rings is 2. The van der Waals surface area contributed by atoms with Gasteiger partial charge in [0.2, 0.25) is 0 Å². The molecule has 118 valence electrons. The Hall–Kier alpha value is -2.87. The zero-order valence-corrected chi connectivity index (χ0v) is 12.5. The van der Waals surface area contributed by atoms with E-state index >= 15 is 0 Å². The first-order valence-corrected chi connectivity index (χ1v) is 8.01. The molecule has 0 bridgehead atoms. The molecule has 0 aliphatic heterocycles. The maximum Gasteiger partial charge on any atom is 0.425 e. The van der Waals surface area contributed by atoms with Crippen LogP contribution in [0, 0.1) is 5.82 Å². The minimum atomic E-state index is -3.94. The van der Waals surface area contributed by atoms with Crippen molar-refractivity contribution in [3.63, 3.8) is 0 Å². The van der Waals surface area contributed by atoms with Crippen molar-refractivity contribution in [2.75, 3.05) is 4.72 Å². The lowest BCUT2D eigenvalue weighted by molar-refractivity contribution is 0.500. The fourth-order valence-electron chi connectivity index (χ4n) is 2.04. The molecule has 8 heteroatoms. The normalized spacial score (nSPS) is 11.3. The first-order valence-electron chi connectivity index (χ1n) is 6.52. The topological polar surface area (TPSA) is 81.3 Å². The number of halogens is 1. The number of sulfonamides is 1. The summed E-state index contributed by atoms with van der Waals surface area (Å²) in [5, 5.41) is 0. The molecular weight excluding hydrogens is 323 g/mol. The van der Waals surface area contributed by atoms with Crippen LogP contribution in [0.15, 0.2) is 75.0 Å². The molecule has 0 saturated heterocycles. The van der Waals surface area contributed by atoms with Crippen LogP contribution in [0.2, 0.25) is 0 Å². The third-order valence-corrected chi connectivity index (χ3v) is 4.45. The first kappa shape index (κ1) is 15.0. The van der Waals surface area contributed by atoms with Crippen LogP contribution >= 0.6 is 0 Å². The molecule has 0 spiro atoms. The highest BCUT2D eigenvalue weighted by molar-refractivity contribution is 7.92. The van der Waals surface area contributed by atoms with E-state index in [0.717, 1.165) is 16.9 Å². The van der Waals surface area contributed by atoms with Crippen molar-refractivity contribution in [2.24, 2.45) is 0 Å². The second-order valence-electron chi connectivity index (χ2n) is 4.59. The summed E-state index contributed by atoms with van der Waals surface area (Å²) >= 11 is 0. The number of nitrogens with zero attached hydrogens (tertiary/aromatic N) is 1. The van der Waals surface area contributed by atoms with Crippen LogP contribution in [0.25, 0.3) is 5.69 Å². The van der Waals surface area contributed by atoms with Gasteiger partial charge in [-0.15, -0.1) is 0 Å². The molecule has 23 heavy (non-hydrogen) atoms. The van der Waals surface area contributed by atoms with Crippen LogP contribution in [-0.4, -0.2) is 13.0 Å². The minimum Gasteiger partial charge on any atom is -0.414 e. The van der Waals surface area contributed by atoms with Crippen molar-refractivity contribution in [1.29, 1.82) is 0 Å². The molecule has 1 N–H and O–H groups in total. The second-order valence-corrected chi connectivity index (χ2v) is 6.27. The lowest BCUT2D eigenvalue weighted by Gasteiger charge is -2.10. The third-order valence-electron chi connectivity index (χ3n) is 3.08. The standard InChI is InChI=1S/C15H11FN2O4S/c16-12-8-4-5-9-13(12)18-14(10-22-15(18)19)17-23(20,21)11-6-2-1-3-7-11/h1-10,17H. The molecule has 1 aromatic heterocycles. The molecule has 0 amide bonds. The molecule has 3 aromatic rings. The van der Waals surface area contributed by atoms with Crippen molar-refractivity contribution in [3.05, 3.63) is 77.2 Å². The average molecular weight is 334 g/mol. The molecule has 0 fully saturated rings. The Morgan fingerprint density at radius 2 is 1.65 bits per heavy atom. The summed E-state index contributed by atoms with van der Waals surface area (Å²) in [6.07, 6.45) is 0.926. The van der Waals surface area contributed by atoms with Gasteiger partial charge in [0, 0.05) is 0 Å². The average Bonchev–Trinajstić information content (AvgIpc) is 2.89. The van der Waals surface area contributed by atoms with E-state index in [1.54, 1.807) is 18.2 Å². The molecule has 0 atom stereocenters. The van der Waals surface area contributed by atoms with Gasteiger partial charge < -0.3 is 4.42 Å². The maximum absolute atomic E-state index is 13.9. The van der Waals surface area contributed by atoms with Gasteiger partial charge in [0.15, 0.2) is 5.82 Å². The number of anilines is 1. The number of hydrogen-bond donors (Lipinski definition) is 1. The fraction of sp³-hybridized carbons (Fsp3) is 0. The van der Waals surface area contributed by atoms with Crippen LogP contribution in [0.5, 0.6) is 0 Å². The van der Waals surface area contributed by atoms with E-state index < -0.39 is 21.6 Å². The number of rotatable bonds is 4. The van der Waals surface area contributed by atoms with E-state index in [9.17, 15) is 17.6 Å². The predicted octanol–water partition coefficient (Wildman–Crippen LogP) is 2.37. The van der Waals surface area contributed by atoms with Gasteiger partial charge in [0.1, 0.15) is 12.1 Å². The van der Waals surface area contributed by atoms with Gasteiger partial charge in [-0.2, -0.15) is 0 Å². The van der Waals surface area contributed by atoms with Crippen LogP contribution in [0.3, 0.4) is 0 Å². The molecular formula is C15H11FN2O4S. The molecule has 0 radical (unpaired) electrons. The largest absolute Gasteiger partial charge is 0.425 e. The Balaban J connectivity index is 2.07. The highest BCUT2D eigenvalue weighted by Crippen LogP contribution is 2.20. The molecule has 0 aliphatic carbocycles. The quantitative estimate of drug-likeness (QED) is 0.794. The molecule has 6 nitrogen and oxygen atoms in total. The van der Waals surface area contributed by atoms with Crippen LogP contribution in [0.4, 0.5) is 10.2 Å². The molecule has 0 saturated carbocycles. The van der Waals surface area contributed by atoms with Crippen molar-refractivity contribution in [2.45, 2.75) is 4.90 Å². The Morgan fingerprint density at radius 3 is 2.35 bits per heavy atom. The number of para-hydroxylation sites is 1. The second kappa shape index (κ2) is 5.73. The highest BCUT2D eigenvalue weighted by Gasteiger charge is 2.20. The van der Waals surface area contributed by atoms with Crippen molar-refractivity contribution >= 4 is 15.8 Å². The van der Waals surface area contributed by atoms with Crippen molar-refractivity contribution in [1.82, 2.24) is 4.57 Å². The highest BCUT2D eigenvalue weighted by atomic mass is 32.2. The van der Waals surface area contributed by atoms with Crippen LogP contribution < -0.4 is 10.5 Å². The summed E-state index contributed by atoms with van der Waals surface area (Å²) in [5.74, 6) is -1.78. The smallest absolute Gasteiger partial charge is 0.414 e. The van der Waals surface area contributed by atoms with Crippen LogP contribution in [-0.2, 0) is 10.0 Å². The van der Waals surface area contributed by atoms with Crippen molar-refractivity contribution in [3.8, 4) is 5.69 Å². The molecule has 2 aromatic carbocycles. The maximum atomic E-state index is 13.9. The van der Waals surface area contributed by atoms with Gasteiger partial charge in [-0.05, 0) is 24.3 Å². The van der Waals surface area contributed by atoms with Gasteiger partial charge in [0.25, 0.3) is 10.0 Å². The summed E-state index contributed by atoms with van der Waals surface area (Å²) in [4.78, 5) is 11.8. The predicted molar refractivity (Wildman–Crippen MR) is 81.5 cm³/mol. The van der Waals surface area contributed by atoms with Gasteiger partial charge in [-0.25, -0.2) is 22.2 Å².